The molecule has 74 valence electrons. The molecule has 10 heteroatoms. The summed E-state index contributed by atoms with van der Waals surface area (Å²) < 4.78 is 50.3. The molecule has 0 aromatic rings. The van der Waals surface area contributed by atoms with Crippen molar-refractivity contribution in [3.05, 3.63) is 0 Å². The molecule has 0 saturated carbocycles. The van der Waals surface area contributed by atoms with Crippen molar-refractivity contribution in [2.45, 2.75) is 4.58 Å². The van der Waals surface area contributed by atoms with Crippen LogP contribution in [0.4, 0.5) is 0 Å². The zero-order valence-corrected chi connectivity index (χ0v) is 8.86. The van der Waals surface area contributed by atoms with Gasteiger partial charge in [0.25, 0.3) is 10.1 Å². The number of rotatable bonds is 4. The molecule has 0 aliphatic heterocycles. The van der Waals surface area contributed by atoms with Crippen molar-refractivity contribution in [2.24, 2.45) is 5.73 Å². The van der Waals surface area contributed by atoms with E-state index in [2.05, 4.69) is 16.1 Å². The van der Waals surface area contributed by atoms with E-state index in [0.29, 0.717) is 0 Å². The van der Waals surface area contributed by atoms with E-state index in [1.165, 1.54) is 0 Å². The summed E-state index contributed by atoms with van der Waals surface area (Å²) in [7, 11) is -8.85. The molecule has 0 saturated heterocycles. The Kier molecular flexibility index (Phi) is 4.07. The fraction of sp³-hybridized carbons (Fsp3) is 1.00. The highest BCUT2D eigenvalue weighted by atomic mass is 79.9. The van der Waals surface area contributed by atoms with Gasteiger partial charge >= 0.3 is 0 Å². The molecule has 0 heterocycles. The largest absolute Gasteiger partial charge is 0.328 e. The molecule has 7 nitrogen and oxygen atoms in total. The SMILES string of the molecule is NCC(S(=O)(=O)O)S(=O)(=O)NBr. The van der Waals surface area contributed by atoms with Crippen LogP contribution in [-0.4, -0.2) is 32.5 Å². The first kappa shape index (κ1) is 12.3. The Morgan fingerprint density at radius 3 is 1.92 bits per heavy atom. The molecule has 4 N–H and O–H groups in total. The van der Waals surface area contributed by atoms with Gasteiger partial charge in [-0.1, -0.05) is 0 Å². The summed E-state index contributed by atoms with van der Waals surface area (Å²) in [6, 6.07) is 0. The molecule has 12 heavy (non-hydrogen) atoms. The average Bonchev–Trinajstić information content (AvgIpc) is 1.85. The summed E-state index contributed by atoms with van der Waals surface area (Å²) in [5.74, 6) is 0. The molecular formula is C2H7BrN2O5S2. The summed E-state index contributed by atoms with van der Waals surface area (Å²) in [6.07, 6.45) is 0. The Morgan fingerprint density at radius 1 is 1.42 bits per heavy atom. The second-order valence-electron chi connectivity index (χ2n) is 1.80. The topological polar surface area (TPSA) is 127 Å². The molecule has 0 bridgehead atoms. The molecule has 0 aromatic carbocycles. The Balaban J connectivity index is 5.10. The van der Waals surface area contributed by atoms with Gasteiger partial charge < -0.3 is 5.73 Å². The van der Waals surface area contributed by atoms with Crippen molar-refractivity contribution < 1.29 is 21.4 Å². The van der Waals surface area contributed by atoms with Crippen LogP contribution in [0.1, 0.15) is 0 Å². The molecule has 0 aliphatic rings. The van der Waals surface area contributed by atoms with Gasteiger partial charge in [-0.2, -0.15) is 8.42 Å². The van der Waals surface area contributed by atoms with Gasteiger partial charge in [-0.05, 0) is 0 Å². The fourth-order valence-corrected chi connectivity index (χ4v) is 3.53. The van der Waals surface area contributed by atoms with E-state index in [0.717, 1.165) is 0 Å². The maximum atomic E-state index is 10.8. The Morgan fingerprint density at radius 2 is 1.83 bits per heavy atom. The molecule has 0 spiro atoms. The summed E-state index contributed by atoms with van der Waals surface area (Å²) in [4.78, 5) is 0. The first-order chi connectivity index (χ1) is 5.25. The number of halogens is 1. The van der Waals surface area contributed by atoms with Crippen LogP contribution in [0.3, 0.4) is 0 Å². The van der Waals surface area contributed by atoms with Gasteiger partial charge in [0.05, 0.1) is 0 Å². The number of sulfonamides is 1. The van der Waals surface area contributed by atoms with E-state index in [1.807, 2.05) is 0 Å². The monoisotopic (exact) mass is 282 g/mol. The first-order valence-corrected chi connectivity index (χ1v) is 6.37. The van der Waals surface area contributed by atoms with E-state index < -0.39 is 31.3 Å². The fourth-order valence-electron chi connectivity index (χ4n) is 0.458. The predicted octanol–water partition coefficient (Wildman–Crippen LogP) is -1.61. The van der Waals surface area contributed by atoms with Crippen molar-refractivity contribution in [2.75, 3.05) is 6.54 Å². The van der Waals surface area contributed by atoms with Crippen LogP contribution in [0.15, 0.2) is 0 Å². The van der Waals surface area contributed by atoms with Gasteiger partial charge in [-0.3, -0.25) is 4.55 Å². The lowest BCUT2D eigenvalue weighted by molar-refractivity contribution is 0.476. The highest BCUT2D eigenvalue weighted by Crippen LogP contribution is 2.05. The maximum Gasteiger partial charge on any atom is 0.285 e. The van der Waals surface area contributed by atoms with Gasteiger partial charge in [0.1, 0.15) is 0 Å². The molecule has 0 rings (SSSR count). The Bertz CT molecular complexity index is 332. The van der Waals surface area contributed by atoms with Gasteiger partial charge in [-0.25, -0.2) is 8.42 Å². The van der Waals surface area contributed by atoms with Crippen LogP contribution >= 0.6 is 16.1 Å². The summed E-state index contributed by atoms with van der Waals surface area (Å²) in [6.45, 7) is -0.722. The van der Waals surface area contributed by atoms with E-state index in [9.17, 15) is 16.8 Å². The third kappa shape index (κ3) is 2.95. The van der Waals surface area contributed by atoms with Gasteiger partial charge in [0.15, 0.2) is 0 Å². The molecule has 0 amide bonds. The number of hydrogen-bond acceptors (Lipinski definition) is 5. The maximum absolute atomic E-state index is 10.8. The lowest BCUT2D eigenvalue weighted by atomic mass is 10.8. The van der Waals surface area contributed by atoms with Crippen molar-refractivity contribution in [1.29, 1.82) is 0 Å². The van der Waals surface area contributed by atoms with E-state index in [-0.39, 0.29) is 0 Å². The van der Waals surface area contributed by atoms with Crippen LogP contribution < -0.4 is 9.48 Å². The summed E-state index contributed by atoms with van der Waals surface area (Å²) in [5.41, 5.74) is 4.84. The normalized spacial score (nSPS) is 15.9. The van der Waals surface area contributed by atoms with E-state index >= 15 is 0 Å². The van der Waals surface area contributed by atoms with Crippen LogP contribution in [0, 0.1) is 0 Å². The number of hydrogen-bond donors (Lipinski definition) is 3. The smallest absolute Gasteiger partial charge is 0.285 e. The molecule has 0 fully saturated rings. The number of nitrogens with one attached hydrogen (secondary N) is 1. The van der Waals surface area contributed by atoms with Gasteiger partial charge in [0.2, 0.25) is 14.6 Å². The minimum absolute atomic E-state index is 0.722. The summed E-state index contributed by atoms with van der Waals surface area (Å²) >= 11 is 2.34. The Labute approximate surface area is 78.5 Å². The Hall–Kier alpha value is 0.260. The van der Waals surface area contributed by atoms with Crippen molar-refractivity contribution in [3.8, 4) is 0 Å². The molecule has 1 atom stereocenters. The quantitative estimate of drug-likeness (QED) is 0.421. The average molecular weight is 283 g/mol. The van der Waals surface area contributed by atoms with Crippen LogP contribution in [0.25, 0.3) is 0 Å². The highest BCUT2D eigenvalue weighted by molar-refractivity contribution is 9.09. The van der Waals surface area contributed by atoms with Gasteiger partial charge in [-0.15, -0.1) is 3.75 Å². The van der Waals surface area contributed by atoms with Crippen molar-refractivity contribution in [3.63, 3.8) is 0 Å². The minimum Gasteiger partial charge on any atom is -0.328 e. The van der Waals surface area contributed by atoms with Crippen LogP contribution in [0.5, 0.6) is 0 Å². The molecule has 0 aromatic heterocycles. The second kappa shape index (κ2) is 3.98. The van der Waals surface area contributed by atoms with Crippen LogP contribution in [0.2, 0.25) is 0 Å². The molecule has 0 aliphatic carbocycles. The van der Waals surface area contributed by atoms with E-state index in [1.54, 1.807) is 3.75 Å². The van der Waals surface area contributed by atoms with Crippen molar-refractivity contribution in [1.82, 2.24) is 3.75 Å². The minimum atomic E-state index is -4.69. The third-order valence-corrected chi connectivity index (χ3v) is 5.78. The summed E-state index contributed by atoms with van der Waals surface area (Å²) in [5, 5.41) is 0. The lowest BCUT2D eigenvalue weighted by Crippen LogP contribution is -2.40. The van der Waals surface area contributed by atoms with Gasteiger partial charge in [0, 0.05) is 22.7 Å². The van der Waals surface area contributed by atoms with Crippen molar-refractivity contribution >= 4 is 36.3 Å². The zero-order chi connectivity index (χ0) is 9.99. The second-order valence-corrected chi connectivity index (χ2v) is 6.48. The zero-order valence-electron chi connectivity index (χ0n) is 5.64. The van der Waals surface area contributed by atoms with Crippen LogP contribution in [-0.2, 0) is 20.1 Å². The first-order valence-electron chi connectivity index (χ1n) is 2.53. The van der Waals surface area contributed by atoms with E-state index in [4.69, 9.17) is 10.3 Å². The molecule has 1 unspecified atom stereocenters. The molecule has 0 radical (unpaired) electrons. The predicted molar refractivity (Wildman–Crippen MR) is 45.4 cm³/mol. The number of nitrogens with two attached hydrogens (primary N) is 1. The lowest BCUT2D eigenvalue weighted by Gasteiger charge is -2.09. The standard InChI is InChI=1S/C2H7BrN2O5S2/c3-5-11(6,7)2(1-4)12(8,9)10/h2,5H,1,4H2,(H,8,9,10). The third-order valence-electron chi connectivity index (χ3n) is 0.978. The highest BCUT2D eigenvalue weighted by Gasteiger charge is 2.34. The molecular weight excluding hydrogens is 276 g/mol.